The minimum absolute atomic E-state index is 0.348. The van der Waals surface area contributed by atoms with Crippen molar-refractivity contribution in [3.05, 3.63) is 18.1 Å². The van der Waals surface area contributed by atoms with Crippen LogP contribution in [0, 0.1) is 5.92 Å². The number of fused-ring (bicyclic) bond motifs is 1. The van der Waals surface area contributed by atoms with Crippen molar-refractivity contribution in [2.24, 2.45) is 5.92 Å². The minimum Gasteiger partial charge on any atom is -0.356 e. The third-order valence-electron chi connectivity index (χ3n) is 5.63. The van der Waals surface area contributed by atoms with Crippen LogP contribution in [0.4, 0.5) is 5.82 Å². The lowest BCUT2D eigenvalue weighted by atomic mass is 9.95. The quantitative estimate of drug-likeness (QED) is 0.822. The van der Waals surface area contributed by atoms with E-state index in [0.29, 0.717) is 17.6 Å². The van der Waals surface area contributed by atoms with E-state index in [1.165, 1.54) is 0 Å². The molecule has 4 rings (SSSR count). The van der Waals surface area contributed by atoms with E-state index < -0.39 is 0 Å². The largest absolute Gasteiger partial charge is 0.356 e. The van der Waals surface area contributed by atoms with Crippen molar-refractivity contribution < 1.29 is 4.79 Å². The van der Waals surface area contributed by atoms with Crippen LogP contribution in [0.5, 0.6) is 0 Å². The van der Waals surface area contributed by atoms with E-state index in [1.807, 2.05) is 4.52 Å². The van der Waals surface area contributed by atoms with Gasteiger partial charge >= 0.3 is 0 Å². The second-order valence-electron chi connectivity index (χ2n) is 7.55. The van der Waals surface area contributed by atoms with Gasteiger partial charge in [-0.25, -0.2) is 4.98 Å². The third-order valence-corrected chi connectivity index (χ3v) is 5.63. The second-order valence-corrected chi connectivity index (χ2v) is 7.55. The van der Waals surface area contributed by atoms with Crippen molar-refractivity contribution in [2.45, 2.75) is 51.9 Å². The Hall–Kier alpha value is -2.18. The molecule has 1 amide bonds. The minimum atomic E-state index is 0.348. The summed E-state index contributed by atoms with van der Waals surface area (Å²) in [5, 5.41) is 4.37. The lowest BCUT2D eigenvalue weighted by Gasteiger charge is -2.37. The van der Waals surface area contributed by atoms with Gasteiger partial charge in [0.25, 0.3) is 5.78 Å². The molecule has 2 aliphatic rings. The van der Waals surface area contributed by atoms with E-state index in [-0.39, 0.29) is 0 Å². The zero-order chi connectivity index (χ0) is 17.9. The van der Waals surface area contributed by atoms with Crippen molar-refractivity contribution in [2.75, 3.05) is 31.1 Å². The van der Waals surface area contributed by atoms with Gasteiger partial charge in [0.1, 0.15) is 12.1 Å². The first-order chi connectivity index (χ1) is 12.7. The van der Waals surface area contributed by atoms with E-state index in [4.69, 9.17) is 0 Å². The number of aromatic nitrogens is 4. The Balaban J connectivity index is 1.43. The Morgan fingerprint density at radius 3 is 2.81 bits per heavy atom. The molecule has 26 heavy (non-hydrogen) atoms. The van der Waals surface area contributed by atoms with Crippen LogP contribution in [0.3, 0.4) is 0 Å². The number of carbonyl (C=O) groups excluding carboxylic acids is 1. The Bertz CT molecular complexity index is 764. The van der Waals surface area contributed by atoms with Crippen LogP contribution in [0.1, 0.15) is 51.1 Å². The zero-order valence-corrected chi connectivity index (χ0v) is 15.6. The molecule has 0 radical (unpaired) electrons. The molecule has 0 unspecified atom stereocenters. The highest BCUT2D eigenvalue weighted by Gasteiger charge is 2.26. The molecule has 2 aromatic heterocycles. The number of rotatable bonds is 5. The molecule has 0 bridgehead atoms. The predicted octanol–water partition coefficient (Wildman–Crippen LogP) is 2.31. The number of hydrogen-bond donors (Lipinski definition) is 0. The van der Waals surface area contributed by atoms with Crippen LogP contribution in [0.25, 0.3) is 5.78 Å². The van der Waals surface area contributed by atoms with Gasteiger partial charge in [-0.2, -0.15) is 14.6 Å². The standard InChI is InChI=1S/C19H28N6O/c1-2-5-16-12-17(25-19(22-16)20-14-21-25)23-10-7-15(8-11-23)13-24-9-4-3-6-18(24)26/h12,14-15H,2-11,13H2,1H3. The third kappa shape index (κ3) is 3.52. The molecule has 0 atom stereocenters. The number of piperidine rings is 2. The molecule has 0 aromatic carbocycles. The summed E-state index contributed by atoms with van der Waals surface area (Å²) in [6.07, 6.45) is 8.80. The molecule has 140 valence electrons. The molecular formula is C19H28N6O. The molecule has 7 nitrogen and oxygen atoms in total. The molecule has 2 fully saturated rings. The van der Waals surface area contributed by atoms with Crippen LogP contribution in [0.2, 0.25) is 0 Å². The number of anilines is 1. The summed E-state index contributed by atoms with van der Waals surface area (Å²) in [6, 6.07) is 2.17. The number of aryl methyl sites for hydroxylation is 1. The van der Waals surface area contributed by atoms with Gasteiger partial charge in [-0.05, 0) is 38.0 Å². The summed E-state index contributed by atoms with van der Waals surface area (Å²) in [6.45, 7) is 6.05. The van der Waals surface area contributed by atoms with Gasteiger partial charge in [0.15, 0.2) is 0 Å². The molecule has 4 heterocycles. The molecule has 0 aliphatic carbocycles. The van der Waals surface area contributed by atoms with Gasteiger partial charge in [0.2, 0.25) is 5.91 Å². The maximum Gasteiger partial charge on any atom is 0.254 e. The number of hydrogen-bond acceptors (Lipinski definition) is 5. The van der Waals surface area contributed by atoms with E-state index in [9.17, 15) is 4.79 Å². The first kappa shape index (κ1) is 17.2. The van der Waals surface area contributed by atoms with Gasteiger partial charge in [-0.15, -0.1) is 0 Å². The maximum atomic E-state index is 12.1. The smallest absolute Gasteiger partial charge is 0.254 e. The van der Waals surface area contributed by atoms with Crippen molar-refractivity contribution in [3.63, 3.8) is 0 Å². The van der Waals surface area contributed by atoms with Gasteiger partial charge < -0.3 is 9.80 Å². The molecule has 0 N–H and O–H groups in total. The highest BCUT2D eigenvalue weighted by atomic mass is 16.2. The Morgan fingerprint density at radius 2 is 2.04 bits per heavy atom. The SMILES string of the molecule is CCCc1cc(N2CCC(CN3CCCCC3=O)CC2)n2ncnc2n1. The van der Waals surface area contributed by atoms with Crippen molar-refractivity contribution in [1.82, 2.24) is 24.5 Å². The fourth-order valence-corrected chi connectivity index (χ4v) is 4.16. The summed E-state index contributed by atoms with van der Waals surface area (Å²) < 4.78 is 1.85. The Labute approximate surface area is 154 Å². The van der Waals surface area contributed by atoms with E-state index >= 15 is 0 Å². The zero-order valence-electron chi connectivity index (χ0n) is 15.6. The topological polar surface area (TPSA) is 66.6 Å². The molecule has 2 saturated heterocycles. The van der Waals surface area contributed by atoms with Crippen molar-refractivity contribution in [3.8, 4) is 0 Å². The fraction of sp³-hybridized carbons (Fsp3) is 0.684. The first-order valence-corrected chi connectivity index (χ1v) is 9.97. The van der Waals surface area contributed by atoms with Crippen LogP contribution in [-0.2, 0) is 11.2 Å². The Morgan fingerprint density at radius 1 is 1.19 bits per heavy atom. The summed E-state index contributed by atoms with van der Waals surface area (Å²) in [7, 11) is 0. The fourth-order valence-electron chi connectivity index (χ4n) is 4.16. The van der Waals surface area contributed by atoms with E-state index in [1.54, 1.807) is 6.33 Å². The van der Waals surface area contributed by atoms with Crippen molar-refractivity contribution in [1.29, 1.82) is 0 Å². The molecular weight excluding hydrogens is 328 g/mol. The molecule has 7 heteroatoms. The van der Waals surface area contributed by atoms with Crippen LogP contribution in [0.15, 0.2) is 12.4 Å². The van der Waals surface area contributed by atoms with Gasteiger partial charge in [-0.3, -0.25) is 4.79 Å². The lowest BCUT2D eigenvalue weighted by Crippen LogP contribution is -2.43. The average Bonchev–Trinajstić information content (AvgIpc) is 3.12. The summed E-state index contributed by atoms with van der Waals surface area (Å²) in [5.74, 6) is 2.74. The predicted molar refractivity (Wildman–Crippen MR) is 100 cm³/mol. The molecule has 2 aromatic rings. The maximum absolute atomic E-state index is 12.1. The van der Waals surface area contributed by atoms with Crippen LogP contribution < -0.4 is 4.90 Å². The highest BCUT2D eigenvalue weighted by Crippen LogP contribution is 2.26. The van der Waals surface area contributed by atoms with Gasteiger partial charge in [0.05, 0.1) is 0 Å². The van der Waals surface area contributed by atoms with E-state index in [0.717, 1.165) is 82.6 Å². The number of nitrogens with zero attached hydrogens (tertiary/aromatic N) is 6. The second kappa shape index (κ2) is 7.60. The van der Waals surface area contributed by atoms with Crippen LogP contribution in [-0.4, -0.2) is 56.6 Å². The first-order valence-electron chi connectivity index (χ1n) is 9.97. The summed E-state index contributed by atoms with van der Waals surface area (Å²) in [4.78, 5) is 25.4. The molecule has 0 saturated carbocycles. The Kier molecular flexibility index (Phi) is 5.04. The average molecular weight is 356 g/mol. The van der Waals surface area contributed by atoms with Crippen LogP contribution >= 0.6 is 0 Å². The number of likely N-dealkylation sites (tertiary alicyclic amines) is 1. The number of amides is 1. The monoisotopic (exact) mass is 356 g/mol. The van der Waals surface area contributed by atoms with E-state index in [2.05, 4.69) is 37.9 Å². The van der Waals surface area contributed by atoms with Crippen molar-refractivity contribution >= 4 is 17.5 Å². The summed E-state index contributed by atoms with van der Waals surface area (Å²) in [5.41, 5.74) is 1.09. The normalized spacial score (nSPS) is 19.5. The molecule has 0 spiro atoms. The van der Waals surface area contributed by atoms with Gasteiger partial charge in [-0.1, -0.05) is 13.3 Å². The highest BCUT2D eigenvalue weighted by molar-refractivity contribution is 5.76. The lowest BCUT2D eigenvalue weighted by molar-refractivity contribution is -0.134. The molecule has 2 aliphatic heterocycles. The summed E-state index contributed by atoms with van der Waals surface area (Å²) >= 11 is 0. The van der Waals surface area contributed by atoms with Gasteiger partial charge in [0, 0.05) is 44.4 Å². The number of carbonyl (C=O) groups is 1.